The zero-order valence-corrected chi connectivity index (χ0v) is 7.67. The normalized spacial score (nSPS) is 52.5. The molecule has 3 heteroatoms. The van der Waals surface area contributed by atoms with Crippen LogP contribution in [-0.2, 0) is 9.59 Å². The van der Waals surface area contributed by atoms with E-state index in [9.17, 15) is 9.59 Å². The molecule has 3 fully saturated rings. The van der Waals surface area contributed by atoms with Crippen LogP contribution in [0.1, 0.15) is 26.2 Å². The van der Waals surface area contributed by atoms with Crippen molar-refractivity contribution < 1.29 is 9.59 Å². The summed E-state index contributed by atoms with van der Waals surface area (Å²) < 4.78 is 0. The smallest absolute Gasteiger partial charge is 0.231 e. The number of amides is 2. The highest BCUT2D eigenvalue weighted by atomic mass is 16.2. The minimum atomic E-state index is -0.0142. The first-order valence-corrected chi connectivity index (χ1v) is 4.96. The van der Waals surface area contributed by atoms with Gasteiger partial charge in [-0.15, -0.1) is 0 Å². The second-order valence-electron chi connectivity index (χ2n) is 5.01. The van der Waals surface area contributed by atoms with Crippen molar-refractivity contribution in [2.24, 2.45) is 23.2 Å². The quantitative estimate of drug-likeness (QED) is 0.556. The maximum atomic E-state index is 11.5. The SMILES string of the molecule is CC12CCC(C1)[C@H]1C(=O)NC(=O)[C@H]12. The monoisotopic (exact) mass is 179 g/mol. The van der Waals surface area contributed by atoms with Crippen molar-refractivity contribution in [1.29, 1.82) is 0 Å². The molecule has 70 valence electrons. The van der Waals surface area contributed by atoms with Gasteiger partial charge in [0, 0.05) is 0 Å². The lowest BCUT2D eigenvalue weighted by molar-refractivity contribution is -0.127. The summed E-state index contributed by atoms with van der Waals surface area (Å²) >= 11 is 0. The number of fused-ring (bicyclic) bond motifs is 5. The van der Waals surface area contributed by atoms with E-state index in [4.69, 9.17) is 0 Å². The fourth-order valence-corrected chi connectivity index (χ4v) is 3.74. The van der Waals surface area contributed by atoms with E-state index in [1.807, 2.05) is 0 Å². The number of hydrogen-bond donors (Lipinski definition) is 1. The third kappa shape index (κ3) is 0.713. The number of carbonyl (C=O) groups excluding carboxylic acids is 2. The average molecular weight is 179 g/mol. The van der Waals surface area contributed by atoms with E-state index >= 15 is 0 Å². The lowest BCUT2D eigenvalue weighted by Gasteiger charge is -2.28. The van der Waals surface area contributed by atoms with E-state index in [0.717, 1.165) is 19.3 Å². The standard InChI is InChI=1S/C10H13NO2/c1-10-3-2-5(4-10)6-7(10)9(13)11-8(6)12/h5-7H,2-4H2,1H3,(H,11,12,13)/t5?,6-,7+,10?/m1/s1. The van der Waals surface area contributed by atoms with Crippen LogP contribution in [0.15, 0.2) is 0 Å². The average Bonchev–Trinajstić information content (AvgIpc) is 2.62. The Hall–Kier alpha value is -0.860. The first-order valence-electron chi connectivity index (χ1n) is 4.96. The van der Waals surface area contributed by atoms with Gasteiger partial charge in [0.25, 0.3) is 0 Å². The molecular formula is C10H13NO2. The van der Waals surface area contributed by atoms with Gasteiger partial charge in [-0.3, -0.25) is 14.9 Å². The van der Waals surface area contributed by atoms with E-state index in [0.29, 0.717) is 5.92 Å². The van der Waals surface area contributed by atoms with Crippen LogP contribution in [0.25, 0.3) is 0 Å². The molecule has 2 aliphatic carbocycles. The van der Waals surface area contributed by atoms with Gasteiger partial charge in [0.2, 0.25) is 11.8 Å². The summed E-state index contributed by atoms with van der Waals surface area (Å²) in [7, 11) is 0. The molecule has 2 bridgehead atoms. The van der Waals surface area contributed by atoms with Crippen molar-refractivity contribution in [1.82, 2.24) is 5.32 Å². The molecule has 4 atom stereocenters. The van der Waals surface area contributed by atoms with E-state index in [2.05, 4.69) is 12.2 Å². The fraction of sp³-hybridized carbons (Fsp3) is 0.800. The van der Waals surface area contributed by atoms with E-state index in [1.54, 1.807) is 0 Å². The summed E-state index contributed by atoms with van der Waals surface area (Å²) in [6.45, 7) is 2.16. The van der Waals surface area contributed by atoms with Crippen LogP contribution in [0.3, 0.4) is 0 Å². The Morgan fingerprint density at radius 3 is 2.85 bits per heavy atom. The summed E-state index contributed by atoms with van der Waals surface area (Å²) in [6.07, 6.45) is 3.35. The lowest BCUT2D eigenvalue weighted by atomic mass is 9.73. The van der Waals surface area contributed by atoms with Gasteiger partial charge in [0.05, 0.1) is 11.8 Å². The third-order valence-corrected chi connectivity index (χ3v) is 4.26. The second kappa shape index (κ2) is 1.97. The van der Waals surface area contributed by atoms with Crippen molar-refractivity contribution in [3.05, 3.63) is 0 Å². The third-order valence-electron chi connectivity index (χ3n) is 4.26. The van der Waals surface area contributed by atoms with Crippen LogP contribution in [0.4, 0.5) is 0 Å². The van der Waals surface area contributed by atoms with Crippen molar-refractivity contribution in [2.45, 2.75) is 26.2 Å². The Kier molecular flexibility index (Phi) is 1.14. The van der Waals surface area contributed by atoms with E-state index < -0.39 is 0 Å². The van der Waals surface area contributed by atoms with Gasteiger partial charge in [-0.25, -0.2) is 0 Å². The highest BCUT2D eigenvalue weighted by molar-refractivity contribution is 6.06. The van der Waals surface area contributed by atoms with E-state index in [1.165, 1.54) is 0 Å². The van der Waals surface area contributed by atoms with Crippen molar-refractivity contribution >= 4 is 11.8 Å². The molecule has 2 amide bonds. The van der Waals surface area contributed by atoms with Gasteiger partial charge in [-0.2, -0.15) is 0 Å². The van der Waals surface area contributed by atoms with Crippen molar-refractivity contribution in [3.8, 4) is 0 Å². The predicted octanol–water partition coefficient (Wildman–Crippen LogP) is 0.695. The minimum absolute atomic E-state index is 0.00116. The summed E-state index contributed by atoms with van der Waals surface area (Å²) in [5.41, 5.74) is 0.131. The topological polar surface area (TPSA) is 46.2 Å². The Morgan fingerprint density at radius 2 is 2.15 bits per heavy atom. The molecule has 1 aliphatic heterocycles. The van der Waals surface area contributed by atoms with E-state index in [-0.39, 0.29) is 29.1 Å². The Balaban J connectivity index is 2.08. The van der Waals surface area contributed by atoms with Gasteiger partial charge in [0.15, 0.2) is 0 Å². The largest absolute Gasteiger partial charge is 0.296 e. The van der Waals surface area contributed by atoms with Gasteiger partial charge in [-0.05, 0) is 30.6 Å². The van der Waals surface area contributed by atoms with Crippen molar-refractivity contribution in [3.63, 3.8) is 0 Å². The number of nitrogens with one attached hydrogen (secondary N) is 1. The van der Waals surface area contributed by atoms with Gasteiger partial charge >= 0.3 is 0 Å². The molecule has 3 rings (SSSR count). The number of rotatable bonds is 0. The molecule has 1 saturated heterocycles. The number of carbonyl (C=O) groups is 2. The van der Waals surface area contributed by atoms with Crippen LogP contribution in [0, 0.1) is 23.2 Å². The Labute approximate surface area is 76.9 Å². The first kappa shape index (κ1) is 7.54. The summed E-state index contributed by atoms with van der Waals surface area (Å²) in [5, 5.41) is 2.47. The maximum Gasteiger partial charge on any atom is 0.231 e. The van der Waals surface area contributed by atoms with Crippen LogP contribution >= 0.6 is 0 Å². The molecule has 0 aromatic heterocycles. The molecule has 0 radical (unpaired) electrons. The highest BCUT2D eigenvalue weighted by Gasteiger charge is 2.63. The zero-order valence-electron chi connectivity index (χ0n) is 7.67. The number of hydrogen-bond acceptors (Lipinski definition) is 2. The molecule has 0 spiro atoms. The zero-order chi connectivity index (χ0) is 9.22. The van der Waals surface area contributed by atoms with Crippen LogP contribution < -0.4 is 5.32 Å². The molecule has 0 aromatic rings. The molecule has 3 nitrogen and oxygen atoms in total. The summed E-state index contributed by atoms with van der Waals surface area (Å²) in [6, 6.07) is 0. The van der Waals surface area contributed by atoms with Crippen LogP contribution in [0.5, 0.6) is 0 Å². The summed E-state index contributed by atoms with van der Waals surface area (Å²) in [5.74, 6) is 0.481. The van der Waals surface area contributed by atoms with Gasteiger partial charge < -0.3 is 0 Å². The molecule has 3 aliphatic rings. The Bertz CT molecular complexity index is 312. The predicted molar refractivity (Wildman–Crippen MR) is 45.6 cm³/mol. The molecule has 1 N–H and O–H groups in total. The van der Waals surface area contributed by atoms with Gasteiger partial charge in [0.1, 0.15) is 0 Å². The first-order chi connectivity index (χ1) is 6.12. The molecule has 13 heavy (non-hydrogen) atoms. The minimum Gasteiger partial charge on any atom is -0.296 e. The molecular weight excluding hydrogens is 166 g/mol. The molecule has 2 saturated carbocycles. The van der Waals surface area contributed by atoms with Crippen LogP contribution in [-0.4, -0.2) is 11.8 Å². The summed E-state index contributed by atoms with van der Waals surface area (Å²) in [4.78, 5) is 23.0. The fourth-order valence-electron chi connectivity index (χ4n) is 3.74. The maximum absolute atomic E-state index is 11.5. The molecule has 0 aromatic carbocycles. The molecule has 2 unspecified atom stereocenters. The Morgan fingerprint density at radius 1 is 1.38 bits per heavy atom. The van der Waals surface area contributed by atoms with Crippen molar-refractivity contribution in [2.75, 3.05) is 0 Å². The van der Waals surface area contributed by atoms with Gasteiger partial charge in [-0.1, -0.05) is 6.92 Å². The number of imide groups is 1. The highest BCUT2D eigenvalue weighted by Crippen LogP contribution is 2.61. The second-order valence-corrected chi connectivity index (χ2v) is 5.01. The molecule has 1 heterocycles. The lowest BCUT2D eigenvalue weighted by Crippen LogP contribution is -2.31. The van der Waals surface area contributed by atoms with Crippen LogP contribution in [0.2, 0.25) is 0 Å².